The molecule has 0 aliphatic rings. The summed E-state index contributed by atoms with van der Waals surface area (Å²) in [6.07, 6.45) is 0. The van der Waals surface area contributed by atoms with Crippen molar-refractivity contribution < 1.29 is 0 Å². The normalized spacial score (nSPS) is 11.4. The van der Waals surface area contributed by atoms with E-state index in [9.17, 15) is 0 Å². The topological polar surface area (TPSA) is 12.0 Å². The van der Waals surface area contributed by atoms with Crippen LogP contribution in [0.25, 0.3) is 54.2 Å². The van der Waals surface area contributed by atoms with Gasteiger partial charge in [-0.3, -0.25) is 0 Å². The van der Waals surface area contributed by atoms with Crippen molar-refractivity contribution in [3.8, 4) is 11.1 Å². The molecule has 0 fully saturated rings. The summed E-state index contributed by atoms with van der Waals surface area (Å²) < 4.78 is 0. The van der Waals surface area contributed by atoms with E-state index in [0.717, 1.165) is 11.4 Å². The molecule has 35 heavy (non-hydrogen) atoms. The SMILES string of the molecule is c1ccc(-c2cc3ccccc3c3ccc4ccccc4c23)c(Nc2ccc3ccccc3c2)c1. The minimum absolute atomic E-state index is 1.09. The third-order valence-electron chi connectivity index (χ3n) is 6.99. The van der Waals surface area contributed by atoms with Gasteiger partial charge >= 0.3 is 0 Å². The largest absolute Gasteiger partial charge is 0.355 e. The van der Waals surface area contributed by atoms with Crippen molar-refractivity contribution in [3.63, 3.8) is 0 Å². The van der Waals surface area contributed by atoms with Gasteiger partial charge in [-0.2, -0.15) is 0 Å². The highest BCUT2D eigenvalue weighted by atomic mass is 14.9. The zero-order valence-electron chi connectivity index (χ0n) is 19.2. The molecule has 1 nitrogen and oxygen atoms in total. The highest BCUT2D eigenvalue weighted by Gasteiger charge is 2.14. The van der Waals surface area contributed by atoms with Crippen LogP contribution in [0.3, 0.4) is 0 Å². The van der Waals surface area contributed by atoms with E-state index in [1.165, 1.54) is 54.2 Å². The quantitative estimate of drug-likeness (QED) is 0.267. The minimum Gasteiger partial charge on any atom is -0.355 e. The number of hydrogen-bond acceptors (Lipinski definition) is 1. The number of anilines is 2. The van der Waals surface area contributed by atoms with E-state index in [1.807, 2.05) is 0 Å². The average molecular weight is 446 g/mol. The lowest BCUT2D eigenvalue weighted by molar-refractivity contribution is 1.56. The lowest BCUT2D eigenvalue weighted by atomic mass is 9.89. The van der Waals surface area contributed by atoms with Crippen LogP contribution in [0.5, 0.6) is 0 Å². The molecule has 0 saturated carbocycles. The van der Waals surface area contributed by atoms with Gasteiger partial charge < -0.3 is 5.32 Å². The second-order valence-corrected chi connectivity index (χ2v) is 9.09. The molecule has 1 heteroatoms. The van der Waals surface area contributed by atoms with Gasteiger partial charge in [-0.25, -0.2) is 0 Å². The first-order valence-corrected chi connectivity index (χ1v) is 12.0. The number of benzene rings is 7. The zero-order valence-corrected chi connectivity index (χ0v) is 19.2. The molecule has 7 aromatic carbocycles. The molecule has 0 unspecified atom stereocenters. The Balaban J connectivity index is 1.49. The standard InChI is InChI=1S/C34H23N/c1-2-11-25-21-27(19-17-23(25)9-1)35-33-16-8-7-15-30(33)32-22-26-12-4-5-13-28(26)31-20-18-24-10-3-6-14-29(24)34(31)32/h1-22,35H. The maximum atomic E-state index is 3.72. The van der Waals surface area contributed by atoms with Gasteiger partial charge in [0.2, 0.25) is 0 Å². The number of rotatable bonds is 3. The van der Waals surface area contributed by atoms with Crippen molar-refractivity contribution >= 4 is 54.5 Å². The van der Waals surface area contributed by atoms with E-state index in [-0.39, 0.29) is 0 Å². The van der Waals surface area contributed by atoms with Crippen LogP contribution in [-0.2, 0) is 0 Å². The summed E-state index contributed by atoms with van der Waals surface area (Å²) in [5.41, 5.74) is 4.64. The fraction of sp³-hybridized carbons (Fsp3) is 0. The predicted octanol–water partition coefficient (Wildman–Crippen LogP) is 9.71. The van der Waals surface area contributed by atoms with Crippen LogP contribution in [-0.4, -0.2) is 0 Å². The zero-order chi connectivity index (χ0) is 23.2. The van der Waals surface area contributed by atoms with Crippen LogP contribution >= 0.6 is 0 Å². The van der Waals surface area contributed by atoms with Gasteiger partial charge in [-0.15, -0.1) is 0 Å². The van der Waals surface area contributed by atoms with Crippen LogP contribution in [0.1, 0.15) is 0 Å². The Morgan fingerprint density at radius 1 is 0.371 bits per heavy atom. The first-order valence-electron chi connectivity index (χ1n) is 12.0. The van der Waals surface area contributed by atoms with E-state index in [1.54, 1.807) is 0 Å². The summed E-state index contributed by atoms with van der Waals surface area (Å²) in [6.45, 7) is 0. The lowest BCUT2D eigenvalue weighted by Gasteiger charge is -2.17. The van der Waals surface area contributed by atoms with Crippen molar-refractivity contribution in [2.45, 2.75) is 0 Å². The van der Waals surface area contributed by atoms with E-state index in [4.69, 9.17) is 0 Å². The Kier molecular flexibility index (Phi) is 4.53. The number of nitrogens with one attached hydrogen (secondary N) is 1. The van der Waals surface area contributed by atoms with Crippen molar-refractivity contribution in [3.05, 3.63) is 133 Å². The number of hydrogen-bond donors (Lipinski definition) is 1. The second-order valence-electron chi connectivity index (χ2n) is 9.09. The van der Waals surface area contributed by atoms with Gasteiger partial charge in [-0.05, 0) is 72.9 Å². The van der Waals surface area contributed by atoms with E-state index >= 15 is 0 Å². The van der Waals surface area contributed by atoms with Crippen molar-refractivity contribution in [1.82, 2.24) is 0 Å². The third-order valence-corrected chi connectivity index (χ3v) is 6.99. The van der Waals surface area contributed by atoms with E-state index in [0.29, 0.717) is 0 Å². The first-order chi connectivity index (χ1) is 17.3. The highest BCUT2D eigenvalue weighted by Crippen LogP contribution is 2.42. The monoisotopic (exact) mass is 445 g/mol. The Bertz CT molecular complexity index is 1880. The number of para-hydroxylation sites is 1. The average Bonchev–Trinajstić information content (AvgIpc) is 2.92. The molecule has 7 aromatic rings. The molecule has 0 aliphatic heterocycles. The lowest BCUT2D eigenvalue weighted by Crippen LogP contribution is -1.94. The summed E-state index contributed by atoms with van der Waals surface area (Å²) in [4.78, 5) is 0. The molecule has 0 radical (unpaired) electrons. The van der Waals surface area contributed by atoms with Gasteiger partial charge in [0, 0.05) is 16.9 Å². The van der Waals surface area contributed by atoms with Crippen LogP contribution < -0.4 is 5.32 Å². The van der Waals surface area contributed by atoms with Gasteiger partial charge in [0.1, 0.15) is 0 Å². The minimum atomic E-state index is 1.09. The summed E-state index contributed by atoms with van der Waals surface area (Å²) >= 11 is 0. The molecule has 0 aromatic heterocycles. The molecule has 0 heterocycles. The molecule has 0 spiro atoms. The smallest absolute Gasteiger partial charge is 0.0464 e. The maximum Gasteiger partial charge on any atom is 0.0464 e. The summed E-state index contributed by atoms with van der Waals surface area (Å²) in [7, 11) is 0. The van der Waals surface area contributed by atoms with Crippen LogP contribution in [0.4, 0.5) is 11.4 Å². The summed E-state index contributed by atoms with van der Waals surface area (Å²) in [6, 6.07) is 48.0. The van der Waals surface area contributed by atoms with Gasteiger partial charge in [0.15, 0.2) is 0 Å². The maximum absolute atomic E-state index is 3.72. The van der Waals surface area contributed by atoms with Crippen LogP contribution in [0.15, 0.2) is 133 Å². The molecule has 0 saturated heterocycles. The molecule has 1 N–H and O–H groups in total. The Hall–Kier alpha value is -4.62. The van der Waals surface area contributed by atoms with E-state index < -0.39 is 0 Å². The number of fused-ring (bicyclic) bond motifs is 6. The first kappa shape index (κ1) is 19.8. The predicted molar refractivity (Wildman–Crippen MR) is 152 cm³/mol. The molecule has 0 aliphatic carbocycles. The van der Waals surface area contributed by atoms with E-state index in [2.05, 4.69) is 139 Å². The highest BCUT2D eigenvalue weighted by molar-refractivity contribution is 6.23. The Labute approximate surface area is 204 Å². The summed E-state index contributed by atoms with van der Waals surface area (Å²) in [5.74, 6) is 0. The third kappa shape index (κ3) is 3.33. The molecular formula is C34H23N. The van der Waals surface area contributed by atoms with Crippen molar-refractivity contribution in [2.24, 2.45) is 0 Å². The van der Waals surface area contributed by atoms with Crippen molar-refractivity contribution in [2.75, 3.05) is 5.32 Å². The van der Waals surface area contributed by atoms with Crippen molar-refractivity contribution in [1.29, 1.82) is 0 Å². The molecule has 0 atom stereocenters. The van der Waals surface area contributed by atoms with Crippen LogP contribution in [0, 0.1) is 0 Å². The van der Waals surface area contributed by atoms with Crippen LogP contribution in [0.2, 0.25) is 0 Å². The van der Waals surface area contributed by atoms with Gasteiger partial charge in [-0.1, -0.05) is 109 Å². The van der Waals surface area contributed by atoms with Gasteiger partial charge in [0.05, 0.1) is 0 Å². The van der Waals surface area contributed by atoms with Gasteiger partial charge in [0.25, 0.3) is 0 Å². The Morgan fingerprint density at radius 3 is 1.91 bits per heavy atom. The molecule has 0 amide bonds. The molecule has 164 valence electrons. The molecule has 7 rings (SSSR count). The fourth-order valence-corrected chi connectivity index (χ4v) is 5.34. The Morgan fingerprint density at radius 2 is 1.03 bits per heavy atom. The second kappa shape index (κ2) is 8.00. The summed E-state index contributed by atoms with van der Waals surface area (Å²) in [5, 5.41) is 13.9. The molecule has 0 bridgehead atoms. The fourth-order valence-electron chi connectivity index (χ4n) is 5.34. The molecular weight excluding hydrogens is 422 g/mol.